The van der Waals surface area contributed by atoms with Gasteiger partial charge in [-0.05, 0) is 25.6 Å². The summed E-state index contributed by atoms with van der Waals surface area (Å²) in [4.78, 5) is 13.1. The summed E-state index contributed by atoms with van der Waals surface area (Å²) in [5.74, 6) is -0.717. The van der Waals surface area contributed by atoms with Gasteiger partial charge in [0.25, 0.3) is 0 Å². The molecule has 1 aromatic rings. The van der Waals surface area contributed by atoms with Crippen LogP contribution in [0, 0.1) is 5.82 Å². The number of rotatable bonds is 7. The van der Waals surface area contributed by atoms with Crippen molar-refractivity contribution in [1.29, 1.82) is 0 Å². The number of hydrogen-bond donors (Lipinski definition) is 2. The molecule has 0 aliphatic heterocycles. The maximum atomic E-state index is 13.7. The molecule has 18 heavy (non-hydrogen) atoms. The lowest BCUT2D eigenvalue weighted by Crippen LogP contribution is -2.49. The largest absolute Gasteiger partial charge is 0.368 e. The van der Waals surface area contributed by atoms with Crippen molar-refractivity contribution in [1.82, 2.24) is 5.32 Å². The molecule has 0 heterocycles. The molecule has 0 bridgehead atoms. The van der Waals surface area contributed by atoms with E-state index in [1.54, 1.807) is 23.1 Å². The van der Waals surface area contributed by atoms with E-state index < -0.39 is 11.9 Å². The number of likely N-dealkylation sites (N-methyl/N-ethyl adjacent to an activating group) is 2. The number of carbonyl (C=O) groups excluding carboxylic acids is 1. The van der Waals surface area contributed by atoms with Gasteiger partial charge in [0, 0.05) is 13.1 Å². The number of amides is 1. The normalized spacial score (nSPS) is 12.2. The van der Waals surface area contributed by atoms with Crippen molar-refractivity contribution in [2.75, 3.05) is 24.5 Å². The van der Waals surface area contributed by atoms with Crippen LogP contribution in [0.1, 0.15) is 13.8 Å². The van der Waals surface area contributed by atoms with Crippen molar-refractivity contribution in [3.05, 3.63) is 30.1 Å². The van der Waals surface area contributed by atoms with Crippen molar-refractivity contribution in [3.8, 4) is 0 Å². The Kier molecular flexibility index (Phi) is 5.58. The summed E-state index contributed by atoms with van der Waals surface area (Å²) in [5, 5.41) is 3.00. The van der Waals surface area contributed by atoms with Crippen molar-refractivity contribution in [2.24, 2.45) is 5.73 Å². The molecule has 0 aliphatic rings. The van der Waals surface area contributed by atoms with Crippen LogP contribution in [-0.4, -0.2) is 31.6 Å². The first-order chi connectivity index (χ1) is 8.60. The van der Waals surface area contributed by atoms with Crippen molar-refractivity contribution >= 4 is 11.6 Å². The number of anilines is 1. The van der Waals surface area contributed by atoms with E-state index in [-0.39, 0.29) is 5.82 Å². The quantitative estimate of drug-likeness (QED) is 0.765. The van der Waals surface area contributed by atoms with Crippen LogP contribution in [0.25, 0.3) is 0 Å². The summed E-state index contributed by atoms with van der Waals surface area (Å²) in [5.41, 5.74) is 5.81. The van der Waals surface area contributed by atoms with Gasteiger partial charge in [0.1, 0.15) is 11.9 Å². The summed E-state index contributed by atoms with van der Waals surface area (Å²) in [6, 6.07) is 6.04. The van der Waals surface area contributed by atoms with E-state index >= 15 is 0 Å². The molecule has 0 saturated heterocycles. The van der Waals surface area contributed by atoms with Crippen molar-refractivity contribution < 1.29 is 9.18 Å². The second kappa shape index (κ2) is 6.96. The topological polar surface area (TPSA) is 58.4 Å². The fourth-order valence-corrected chi connectivity index (χ4v) is 1.83. The summed E-state index contributed by atoms with van der Waals surface area (Å²) >= 11 is 0. The second-order valence-electron chi connectivity index (χ2n) is 4.00. The molecular formula is C13H20FN3O. The van der Waals surface area contributed by atoms with Gasteiger partial charge < -0.3 is 16.0 Å². The summed E-state index contributed by atoms with van der Waals surface area (Å²) in [6.07, 6.45) is 0. The fraction of sp³-hybridized carbons (Fsp3) is 0.462. The molecule has 1 atom stereocenters. The highest BCUT2D eigenvalue weighted by atomic mass is 19.1. The average molecular weight is 253 g/mol. The predicted molar refractivity (Wildman–Crippen MR) is 70.9 cm³/mol. The van der Waals surface area contributed by atoms with Crippen LogP contribution in [0.15, 0.2) is 24.3 Å². The van der Waals surface area contributed by atoms with Crippen LogP contribution in [-0.2, 0) is 4.79 Å². The highest BCUT2D eigenvalue weighted by Gasteiger charge is 2.19. The van der Waals surface area contributed by atoms with E-state index in [9.17, 15) is 9.18 Å². The second-order valence-corrected chi connectivity index (χ2v) is 4.00. The van der Waals surface area contributed by atoms with E-state index in [1.165, 1.54) is 6.07 Å². The van der Waals surface area contributed by atoms with Crippen molar-refractivity contribution in [2.45, 2.75) is 19.9 Å². The minimum Gasteiger partial charge on any atom is -0.368 e. The molecule has 0 saturated carbocycles. The zero-order chi connectivity index (χ0) is 13.5. The van der Waals surface area contributed by atoms with Gasteiger partial charge >= 0.3 is 0 Å². The molecule has 0 fully saturated rings. The third-order valence-electron chi connectivity index (χ3n) is 2.77. The van der Waals surface area contributed by atoms with Crippen LogP contribution >= 0.6 is 0 Å². The smallest absolute Gasteiger partial charge is 0.236 e. The monoisotopic (exact) mass is 253 g/mol. The molecule has 100 valence electrons. The minimum atomic E-state index is -0.477. The lowest BCUT2D eigenvalue weighted by molar-refractivity contribution is -0.119. The first-order valence-corrected chi connectivity index (χ1v) is 6.12. The molecule has 0 spiro atoms. The van der Waals surface area contributed by atoms with Gasteiger partial charge in [0.05, 0.1) is 5.69 Å². The number of hydrogen-bond acceptors (Lipinski definition) is 3. The van der Waals surface area contributed by atoms with E-state index in [4.69, 9.17) is 5.73 Å². The highest BCUT2D eigenvalue weighted by molar-refractivity contribution is 5.80. The van der Waals surface area contributed by atoms with Gasteiger partial charge in [0.2, 0.25) is 5.91 Å². The molecule has 4 nitrogen and oxygen atoms in total. The lowest BCUT2D eigenvalue weighted by Gasteiger charge is -2.27. The third kappa shape index (κ3) is 3.70. The average Bonchev–Trinajstić information content (AvgIpc) is 2.35. The SMILES string of the molecule is CCNC(CN(CC)c1ccccc1F)C(N)=O. The van der Waals surface area contributed by atoms with Gasteiger partial charge in [-0.3, -0.25) is 4.79 Å². The Bertz CT molecular complexity index is 398. The fourth-order valence-electron chi connectivity index (χ4n) is 1.83. The molecule has 3 N–H and O–H groups in total. The Hall–Kier alpha value is -1.62. The van der Waals surface area contributed by atoms with E-state index in [0.29, 0.717) is 25.3 Å². The van der Waals surface area contributed by atoms with Gasteiger partial charge in [-0.2, -0.15) is 0 Å². The first kappa shape index (κ1) is 14.4. The molecule has 5 heteroatoms. The van der Waals surface area contributed by atoms with Gasteiger partial charge in [-0.15, -0.1) is 0 Å². The Morgan fingerprint density at radius 2 is 2.11 bits per heavy atom. The number of carbonyl (C=O) groups is 1. The summed E-state index contributed by atoms with van der Waals surface area (Å²) in [7, 11) is 0. The molecule has 0 radical (unpaired) electrons. The van der Waals surface area contributed by atoms with Crippen LogP contribution < -0.4 is 16.0 Å². The maximum absolute atomic E-state index is 13.7. The molecule has 1 amide bonds. The number of primary amides is 1. The number of nitrogens with one attached hydrogen (secondary N) is 1. The number of nitrogens with zero attached hydrogens (tertiary/aromatic N) is 1. The van der Waals surface area contributed by atoms with Crippen LogP contribution in [0.5, 0.6) is 0 Å². The van der Waals surface area contributed by atoms with Gasteiger partial charge in [0.15, 0.2) is 0 Å². The molecule has 0 aromatic heterocycles. The Balaban J connectivity index is 2.84. The minimum absolute atomic E-state index is 0.293. The predicted octanol–water partition coefficient (Wildman–Crippen LogP) is 1.12. The third-order valence-corrected chi connectivity index (χ3v) is 2.77. The van der Waals surface area contributed by atoms with E-state index in [2.05, 4.69) is 5.32 Å². The van der Waals surface area contributed by atoms with E-state index in [0.717, 1.165) is 0 Å². The lowest BCUT2D eigenvalue weighted by atomic mass is 10.2. The number of halogens is 1. The Labute approximate surface area is 107 Å². The zero-order valence-electron chi connectivity index (χ0n) is 10.8. The zero-order valence-corrected chi connectivity index (χ0v) is 10.8. The Morgan fingerprint density at radius 3 is 2.61 bits per heavy atom. The van der Waals surface area contributed by atoms with Crippen LogP contribution in [0.2, 0.25) is 0 Å². The molecule has 1 unspecified atom stereocenters. The molecule has 1 rings (SSSR count). The number of para-hydroxylation sites is 1. The molecular weight excluding hydrogens is 233 g/mol. The van der Waals surface area contributed by atoms with Crippen LogP contribution in [0.3, 0.4) is 0 Å². The van der Waals surface area contributed by atoms with Crippen molar-refractivity contribution in [3.63, 3.8) is 0 Å². The number of benzene rings is 1. The standard InChI is InChI=1S/C13H20FN3O/c1-3-16-11(13(15)18)9-17(4-2)12-8-6-5-7-10(12)14/h5-8,11,16H,3-4,9H2,1-2H3,(H2,15,18). The van der Waals surface area contributed by atoms with Gasteiger partial charge in [-0.1, -0.05) is 19.1 Å². The number of nitrogens with two attached hydrogens (primary N) is 1. The van der Waals surface area contributed by atoms with Gasteiger partial charge in [-0.25, -0.2) is 4.39 Å². The maximum Gasteiger partial charge on any atom is 0.236 e. The van der Waals surface area contributed by atoms with E-state index in [1.807, 2.05) is 13.8 Å². The summed E-state index contributed by atoms with van der Waals surface area (Å²) < 4.78 is 13.7. The summed E-state index contributed by atoms with van der Waals surface area (Å²) in [6.45, 7) is 5.42. The first-order valence-electron chi connectivity index (χ1n) is 6.12. The molecule has 1 aromatic carbocycles. The van der Waals surface area contributed by atoms with Crippen LogP contribution in [0.4, 0.5) is 10.1 Å². The highest BCUT2D eigenvalue weighted by Crippen LogP contribution is 2.18. The Morgan fingerprint density at radius 1 is 1.44 bits per heavy atom. The molecule has 0 aliphatic carbocycles.